The summed E-state index contributed by atoms with van der Waals surface area (Å²) >= 11 is 0. The number of carbonyl (C=O) groups excluding carboxylic acids is 1. The number of amides is 1. The van der Waals surface area contributed by atoms with Crippen LogP contribution in [0.25, 0.3) is 0 Å². The van der Waals surface area contributed by atoms with Crippen molar-refractivity contribution < 1.29 is 9.53 Å². The lowest BCUT2D eigenvalue weighted by atomic mass is 10.2. The maximum atomic E-state index is 12.0. The van der Waals surface area contributed by atoms with Gasteiger partial charge in [0.15, 0.2) is 0 Å². The van der Waals surface area contributed by atoms with Crippen LogP contribution in [-0.2, 0) is 4.74 Å². The lowest BCUT2D eigenvalue weighted by Gasteiger charge is -2.26. The van der Waals surface area contributed by atoms with Gasteiger partial charge in [0, 0.05) is 45.2 Å². The average molecular weight is 356 g/mol. The molecule has 1 saturated heterocycles. The SMILES string of the molecule is CNC(=O)c1cccnc1NC[C@@H]1C[C@H](OC)CN1c1cc(C)ncn1. The highest BCUT2D eigenvalue weighted by Gasteiger charge is 2.33. The van der Waals surface area contributed by atoms with Crippen LogP contribution >= 0.6 is 0 Å². The lowest BCUT2D eigenvalue weighted by molar-refractivity contribution is 0.0963. The highest BCUT2D eigenvalue weighted by atomic mass is 16.5. The quantitative estimate of drug-likeness (QED) is 0.804. The molecule has 0 spiro atoms. The normalized spacial score (nSPS) is 19.4. The molecule has 0 unspecified atom stereocenters. The Balaban J connectivity index is 1.76. The second-order valence-electron chi connectivity index (χ2n) is 6.28. The van der Waals surface area contributed by atoms with Crippen molar-refractivity contribution in [3.05, 3.63) is 42.0 Å². The standard InChI is InChI=1S/C18H24N6O2/c1-12-7-16(23-11-22-12)24-10-14(26-3)8-13(24)9-21-17-15(18(25)19-2)5-4-6-20-17/h4-7,11,13-14H,8-10H2,1-3H3,(H,19,25)(H,20,21)/t13-,14-/m0/s1. The Kier molecular flexibility index (Phi) is 5.62. The fourth-order valence-corrected chi connectivity index (χ4v) is 3.19. The van der Waals surface area contributed by atoms with Crippen molar-refractivity contribution >= 4 is 17.5 Å². The Bertz CT molecular complexity index is 769. The summed E-state index contributed by atoms with van der Waals surface area (Å²) in [6, 6.07) is 5.66. The first-order valence-corrected chi connectivity index (χ1v) is 8.61. The first kappa shape index (κ1) is 18.1. The zero-order valence-corrected chi connectivity index (χ0v) is 15.3. The fraction of sp³-hybridized carbons (Fsp3) is 0.444. The maximum Gasteiger partial charge on any atom is 0.254 e. The van der Waals surface area contributed by atoms with Crippen LogP contribution in [0.1, 0.15) is 22.5 Å². The Hall–Kier alpha value is -2.74. The number of ether oxygens (including phenoxy) is 1. The van der Waals surface area contributed by atoms with Gasteiger partial charge in [-0.2, -0.15) is 0 Å². The van der Waals surface area contributed by atoms with Crippen molar-refractivity contribution in [2.75, 3.05) is 37.5 Å². The van der Waals surface area contributed by atoms with E-state index in [-0.39, 0.29) is 18.1 Å². The van der Waals surface area contributed by atoms with Gasteiger partial charge in [0.1, 0.15) is 18.0 Å². The number of hydrogen-bond donors (Lipinski definition) is 2. The van der Waals surface area contributed by atoms with Crippen LogP contribution < -0.4 is 15.5 Å². The molecule has 2 aromatic heterocycles. The van der Waals surface area contributed by atoms with E-state index in [0.29, 0.717) is 17.9 Å². The van der Waals surface area contributed by atoms with E-state index in [1.165, 1.54) is 0 Å². The summed E-state index contributed by atoms with van der Waals surface area (Å²) in [7, 11) is 3.34. The van der Waals surface area contributed by atoms with Gasteiger partial charge in [0.05, 0.1) is 17.7 Å². The Labute approximate surface area is 153 Å². The van der Waals surface area contributed by atoms with Crippen LogP contribution in [0.2, 0.25) is 0 Å². The van der Waals surface area contributed by atoms with Gasteiger partial charge in [0.25, 0.3) is 5.91 Å². The number of rotatable bonds is 6. The molecule has 26 heavy (non-hydrogen) atoms. The van der Waals surface area contributed by atoms with E-state index >= 15 is 0 Å². The minimum Gasteiger partial charge on any atom is -0.380 e. The van der Waals surface area contributed by atoms with Crippen molar-refractivity contribution in [1.82, 2.24) is 20.3 Å². The molecule has 2 atom stereocenters. The van der Waals surface area contributed by atoms with E-state index in [0.717, 1.165) is 24.5 Å². The third kappa shape index (κ3) is 3.91. The van der Waals surface area contributed by atoms with E-state index in [4.69, 9.17) is 4.74 Å². The molecule has 8 heteroatoms. The highest BCUT2D eigenvalue weighted by molar-refractivity contribution is 5.98. The molecule has 2 N–H and O–H groups in total. The summed E-state index contributed by atoms with van der Waals surface area (Å²) in [6.07, 6.45) is 4.26. The number of pyridine rings is 1. The van der Waals surface area contributed by atoms with Crippen LogP contribution in [0.4, 0.5) is 11.6 Å². The summed E-state index contributed by atoms with van der Waals surface area (Å²) in [4.78, 5) is 27.1. The molecular weight excluding hydrogens is 332 g/mol. The Morgan fingerprint density at radius 1 is 1.38 bits per heavy atom. The molecular formula is C18H24N6O2. The van der Waals surface area contributed by atoms with Gasteiger partial charge >= 0.3 is 0 Å². The van der Waals surface area contributed by atoms with E-state index < -0.39 is 0 Å². The predicted octanol–water partition coefficient (Wildman–Crippen LogP) is 1.25. The average Bonchev–Trinajstić information content (AvgIpc) is 3.09. The van der Waals surface area contributed by atoms with E-state index in [1.807, 2.05) is 13.0 Å². The zero-order valence-electron chi connectivity index (χ0n) is 15.3. The molecule has 0 aliphatic carbocycles. The van der Waals surface area contributed by atoms with Gasteiger partial charge in [-0.1, -0.05) is 0 Å². The van der Waals surface area contributed by atoms with Crippen molar-refractivity contribution in [3.63, 3.8) is 0 Å². The van der Waals surface area contributed by atoms with E-state index in [9.17, 15) is 4.79 Å². The number of aromatic nitrogens is 3. The van der Waals surface area contributed by atoms with E-state index in [2.05, 4.69) is 30.5 Å². The topological polar surface area (TPSA) is 92.3 Å². The third-order valence-electron chi connectivity index (χ3n) is 4.58. The Morgan fingerprint density at radius 3 is 2.96 bits per heavy atom. The zero-order chi connectivity index (χ0) is 18.5. The van der Waals surface area contributed by atoms with Gasteiger partial charge in [-0.15, -0.1) is 0 Å². The lowest BCUT2D eigenvalue weighted by Crippen LogP contribution is -2.36. The molecule has 138 valence electrons. The molecule has 0 bridgehead atoms. The number of nitrogens with one attached hydrogen (secondary N) is 2. The van der Waals surface area contributed by atoms with E-state index in [1.54, 1.807) is 38.8 Å². The second-order valence-corrected chi connectivity index (χ2v) is 6.28. The summed E-state index contributed by atoms with van der Waals surface area (Å²) in [5, 5.41) is 5.96. The highest BCUT2D eigenvalue weighted by Crippen LogP contribution is 2.26. The molecule has 0 aromatic carbocycles. The van der Waals surface area contributed by atoms with Crippen molar-refractivity contribution in [3.8, 4) is 0 Å². The van der Waals surface area contributed by atoms with Crippen molar-refractivity contribution in [2.45, 2.75) is 25.5 Å². The van der Waals surface area contributed by atoms with Gasteiger partial charge < -0.3 is 20.3 Å². The Morgan fingerprint density at radius 2 is 2.23 bits per heavy atom. The number of methoxy groups -OCH3 is 1. The van der Waals surface area contributed by atoms with Crippen LogP contribution in [0.5, 0.6) is 0 Å². The summed E-state index contributed by atoms with van der Waals surface area (Å²) in [5.74, 6) is 1.30. The van der Waals surface area contributed by atoms with Crippen molar-refractivity contribution in [2.24, 2.45) is 0 Å². The number of hydrogen-bond acceptors (Lipinski definition) is 7. The summed E-state index contributed by atoms with van der Waals surface area (Å²) in [6.45, 7) is 3.35. The molecule has 3 rings (SSSR count). The third-order valence-corrected chi connectivity index (χ3v) is 4.58. The van der Waals surface area contributed by atoms with Gasteiger partial charge in [-0.3, -0.25) is 4.79 Å². The number of aryl methyl sites for hydroxylation is 1. The minimum atomic E-state index is -0.162. The molecule has 1 amide bonds. The molecule has 1 aliphatic rings. The first-order chi connectivity index (χ1) is 12.6. The molecule has 3 heterocycles. The predicted molar refractivity (Wildman–Crippen MR) is 99.4 cm³/mol. The van der Waals surface area contributed by atoms with Crippen LogP contribution in [0.15, 0.2) is 30.7 Å². The first-order valence-electron chi connectivity index (χ1n) is 8.61. The number of carbonyl (C=O) groups is 1. The van der Waals surface area contributed by atoms with Crippen LogP contribution in [0.3, 0.4) is 0 Å². The smallest absolute Gasteiger partial charge is 0.254 e. The largest absolute Gasteiger partial charge is 0.380 e. The van der Waals surface area contributed by atoms with Crippen LogP contribution in [-0.4, -0.2) is 60.3 Å². The second kappa shape index (κ2) is 8.09. The molecule has 8 nitrogen and oxygen atoms in total. The summed E-state index contributed by atoms with van der Waals surface area (Å²) in [5.41, 5.74) is 1.45. The van der Waals surface area contributed by atoms with Crippen LogP contribution in [0, 0.1) is 6.92 Å². The monoisotopic (exact) mass is 356 g/mol. The van der Waals surface area contributed by atoms with Gasteiger partial charge in [-0.25, -0.2) is 15.0 Å². The molecule has 0 saturated carbocycles. The maximum absolute atomic E-state index is 12.0. The minimum absolute atomic E-state index is 0.138. The molecule has 0 radical (unpaired) electrons. The number of nitrogens with zero attached hydrogens (tertiary/aromatic N) is 4. The molecule has 1 aliphatic heterocycles. The fourth-order valence-electron chi connectivity index (χ4n) is 3.19. The van der Waals surface area contributed by atoms with Crippen molar-refractivity contribution in [1.29, 1.82) is 0 Å². The number of anilines is 2. The molecule has 1 fully saturated rings. The summed E-state index contributed by atoms with van der Waals surface area (Å²) < 4.78 is 5.56. The molecule has 2 aromatic rings. The van der Waals surface area contributed by atoms with Gasteiger partial charge in [0.2, 0.25) is 0 Å². The van der Waals surface area contributed by atoms with Gasteiger partial charge in [-0.05, 0) is 25.5 Å².